The molecule has 0 aromatic heterocycles. The molecule has 0 spiro atoms. The van der Waals surface area contributed by atoms with Crippen LogP contribution in [0.15, 0.2) is 29.2 Å². The molecule has 0 aliphatic carbocycles. The lowest BCUT2D eigenvalue weighted by Crippen LogP contribution is -2.74. The summed E-state index contributed by atoms with van der Waals surface area (Å²) in [6.45, 7) is 0.717. The largest absolute Gasteiger partial charge is 0.393 e. The van der Waals surface area contributed by atoms with Crippen LogP contribution in [-0.4, -0.2) is 68.1 Å². The second-order valence-electron chi connectivity index (χ2n) is 7.51. The van der Waals surface area contributed by atoms with Crippen molar-refractivity contribution in [1.82, 2.24) is 4.72 Å². The van der Waals surface area contributed by atoms with Crippen LogP contribution in [0.4, 0.5) is 75.9 Å². The van der Waals surface area contributed by atoms with E-state index in [4.69, 9.17) is 0 Å². The van der Waals surface area contributed by atoms with E-state index in [1.807, 2.05) is 0 Å². The second-order valence-corrected chi connectivity index (χ2v) is 9.19. The first-order valence-electron chi connectivity index (χ1n) is 9.34. The Kier molecular flexibility index (Phi) is 8.86. The molecule has 0 saturated heterocycles. The molecule has 1 aromatic carbocycles. The summed E-state index contributed by atoms with van der Waals surface area (Å²) >= 11 is 0. The molecule has 1 aromatic rings. The second kappa shape index (κ2) is 10.1. The maximum absolute atomic E-state index is 13.9. The van der Waals surface area contributed by atoms with Crippen molar-refractivity contribution in [3.05, 3.63) is 24.3 Å². The predicted molar refractivity (Wildman–Crippen MR) is 96.7 cm³/mol. The normalized spacial score (nSPS) is 14.8. The number of rotatable bonds is 11. The van der Waals surface area contributed by atoms with Gasteiger partial charge in [-0.1, -0.05) is 0 Å². The first kappa shape index (κ1) is 35.0. The van der Waals surface area contributed by atoms with Crippen LogP contribution >= 0.6 is 0 Å². The predicted octanol–water partition coefficient (Wildman–Crippen LogP) is 5.16. The van der Waals surface area contributed by atoms with E-state index in [2.05, 4.69) is 0 Å². The molecule has 0 unspecified atom stereocenters. The maximum Gasteiger partial charge on any atom is 0.393 e. The molecule has 6 nitrogen and oxygen atoms in total. The monoisotopic (exact) mass is 642 g/mol. The first-order valence-corrected chi connectivity index (χ1v) is 10.8. The van der Waals surface area contributed by atoms with Crippen LogP contribution in [0.1, 0.15) is 6.92 Å². The van der Waals surface area contributed by atoms with Crippen molar-refractivity contribution in [2.75, 3.05) is 5.32 Å². The molecule has 0 aliphatic heterocycles. The molecular formula is C17H10F16N2O4S. The van der Waals surface area contributed by atoms with E-state index in [0.717, 1.165) is 6.92 Å². The number of sulfonamides is 1. The van der Waals surface area contributed by atoms with Crippen molar-refractivity contribution in [2.24, 2.45) is 0 Å². The van der Waals surface area contributed by atoms with Crippen molar-refractivity contribution >= 4 is 27.5 Å². The van der Waals surface area contributed by atoms with Crippen LogP contribution in [0.25, 0.3) is 0 Å². The fourth-order valence-corrected chi connectivity index (χ4v) is 3.44. The van der Waals surface area contributed by atoms with E-state index >= 15 is 0 Å². The number of carbonyl (C=O) groups excluding carboxylic acids is 2. The lowest BCUT2D eigenvalue weighted by Gasteiger charge is -2.42. The number of carbonyl (C=O) groups is 2. The molecule has 0 heterocycles. The molecule has 0 atom stereocenters. The quantitative estimate of drug-likeness (QED) is 0.327. The van der Waals surface area contributed by atoms with Gasteiger partial charge in [0.1, 0.15) is 0 Å². The Labute approximate surface area is 210 Å². The topological polar surface area (TPSA) is 92.3 Å². The van der Waals surface area contributed by atoms with E-state index < -0.39 is 80.3 Å². The molecule has 0 aliphatic rings. The highest BCUT2D eigenvalue weighted by atomic mass is 32.2. The minimum absolute atomic E-state index is 0.259. The molecule has 23 heteroatoms. The molecule has 0 fully saturated rings. The van der Waals surface area contributed by atoms with Gasteiger partial charge in [-0.3, -0.25) is 9.59 Å². The standard InChI is InChI=1S/C17H10F16N2O4S/c1-6(36)35-40(38,39)8-4-2-7(3-5-8)34-10(37)12(22,23)14(26,27)16(30,31)17(32,33)15(28,29)13(24,25)11(20,21)9(18)19/h2-5,9H,1H3,(H,34,37)(H,35,36). The number of anilines is 1. The van der Waals surface area contributed by atoms with Crippen molar-refractivity contribution in [1.29, 1.82) is 0 Å². The minimum Gasteiger partial charge on any atom is -0.321 e. The van der Waals surface area contributed by atoms with Gasteiger partial charge >= 0.3 is 53.8 Å². The van der Waals surface area contributed by atoms with Gasteiger partial charge in [-0.15, -0.1) is 0 Å². The number of nitrogens with one attached hydrogen (secondary N) is 2. The van der Waals surface area contributed by atoms with Gasteiger partial charge in [-0.05, 0) is 24.3 Å². The van der Waals surface area contributed by atoms with Crippen molar-refractivity contribution in [3.8, 4) is 0 Å². The molecular weight excluding hydrogens is 632 g/mol. The zero-order valence-electron chi connectivity index (χ0n) is 18.5. The van der Waals surface area contributed by atoms with Crippen molar-refractivity contribution < 1.29 is 88.3 Å². The summed E-state index contributed by atoms with van der Waals surface area (Å²) in [5, 5.41) is 0.655. The number of benzene rings is 1. The Bertz CT molecular complexity index is 1230. The van der Waals surface area contributed by atoms with Crippen molar-refractivity contribution in [2.45, 2.75) is 59.7 Å². The summed E-state index contributed by atoms with van der Waals surface area (Å²) < 4.78 is 238. The van der Waals surface area contributed by atoms with Crippen LogP contribution in [-0.2, 0) is 19.6 Å². The summed E-state index contributed by atoms with van der Waals surface area (Å²) in [4.78, 5) is 21.5. The molecule has 1 rings (SSSR count). The zero-order valence-corrected chi connectivity index (χ0v) is 19.3. The summed E-state index contributed by atoms with van der Waals surface area (Å²) in [7, 11) is -4.63. The van der Waals surface area contributed by atoms with Crippen molar-refractivity contribution in [3.63, 3.8) is 0 Å². The van der Waals surface area contributed by atoms with Gasteiger partial charge in [0.25, 0.3) is 10.0 Å². The number of hydrogen-bond acceptors (Lipinski definition) is 4. The number of amides is 2. The van der Waals surface area contributed by atoms with Gasteiger partial charge in [0.05, 0.1) is 4.90 Å². The van der Waals surface area contributed by atoms with Gasteiger partial charge in [0, 0.05) is 12.6 Å². The number of hydrogen-bond donors (Lipinski definition) is 2. The number of alkyl halides is 16. The molecule has 2 amide bonds. The van der Waals surface area contributed by atoms with Gasteiger partial charge in [0.2, 0.25) is 5.91 Å². The number of halogens is 16. The summed E-state index contributed by atoms with van der Waals surface area (Å²) in [5.41, 5.74) is -1.20. The van der Waals surface area contributed by atoms with E-state index in [9.17, 15) is 88.3 Å². The SMILES string of the molecule is CC(=O)NS(=O)(=O)c1ccc(NC(=O)C(F)(F)C(F)(F)C(F)(F)C(F)(F)C(F)(F)C(F)(F)C(F)(F)C(F)F)cc1. The Morgan fingerprint density at radius 1 is 0.675 bits per heavy atom. The van der Waals surface area contributed by atoms with Gasteiger partial charge < -0.3 is 5.32 Å². The highest BCUT2D eigenvalue weighted by molar-refractivity contribution is 7.90. The highest BCUT2D eigenvalue weighted by Crippen LogP contribution is 2.62. The lowest BCUT2D eigenvalue weighted by molar-refractivity contribution is -0.443. The third-order valence-corrected chi connectivity index (χ3v) is 6.10. The van der Waals surface area contributed by atoms with E-state index in [1.165, 1.54) is 4.72 Å². The van der Waals surface area contributed by atoms with Crippen LogP contribution in [0.5, 0.6) is 0 Å². The molecule has 0 radical (unpaired) electrons. The first-order chi connectivity index (χ1) is 17.5. The van der Waals surface area contributed by atoms with Crippen LogP contribution in [0.3, 0.4) is 0 Å². The zero-order chi connectivity index (χ0) is 32.1. The highest BCUT2D eigenvalue weighted by Gasteiger charge is 2.94. The summed E-state index contributed by atoms with van der Waals surface area (Å²) in [5.74, 6) is -61.9. The molecule has 40 heavy (non-hydrogen) atoms. The smallest absolute Gasteiger partial charge is 0.321 e. The Balaban J connectivity index is 3.46. The summed E-state index contributed by atoms with van der Waals surface area (Å²) in [6.07, 6.45) is -5.98. The fraction of sp³-hybridized carbons (Fsp3) is 0.529. The average Bonchev–Trinajstić information content (AvgIpc) is 2.77. The third-order valence-electron chi connectivity index (χ3n) is 4.65. The Morgan fingerprint density at radius 3 is 1.43 bits per heavy atom. The summed E-state index contributed by atoms with van der Waals surface area (Å²) in [6, 6.07) is 1.25. The van der Waals surface area contributed by atoms with Crippen LogP contribution in [0, 0.1) is 0 Å². The van der Waals surface area contributed by atoms with E-state index in [0.29, 0.717) is 17.4 Å². The average molecular weight is 642 g/mol. The van der Waals surface area contributed by atoms with Gasteiger partial charge in [0.15, 0.2) is 0 Å². The molecule has 0 bridgehead atoms. The fourth-order valence-electron chi connectivity index (χ4n) is 2.45. The lowest BCUT2D eigenvalue weighted by atomic mass is 9.89. The Morgan fingerprint density at radius 2 is 1.05 bits per heavy atom. The third kappa shape index (κ3) is 5.22. The molecule has 2 N–H and O–H groups in total. The van der Waals surface area contributed by atoms with E-state index in [1.54, 1.807) is 0 Å². The molecule has 0 saturated carbocycles. The van der Waals surface area contributed by atoms with Gasteiger partial charge in [-0.25, -0.2) is 21.9 Å². The van der Waals surface area contributed by atoms with E-state index in [-0.39, 0.29) is 12.1 Å². The Hall–Kier alpha value is -3.01. The minimum atomic E-state index is -8.66. The van der Waals surface area contributed by atoms with Crippen LogP contribution in [0.2, 0.25) is 0 Å². The maximum atomic E-state index is 13.9. The van der Waals surface area contributed by atoms with Crippen LogP contribution < -0.4 is 10.0 Å². The molecule has 230 valence electrons. The van der Waals surface area contributed by atoms with Gasteiger partial charge in [-0.2, -0.15) is 61.5 Å².